The normalized spacial score (nSPS) is 10.7. The molecule has 0 saturated carbocycles. The minimum atomic E-state index is -0.209. The average molecular weight is 366 g/mol. The molecule has 3 aromatic rings. The smallest absolute Gasteiger partial charge is 0.251 e. The fraction of sp³-hybridized carbons (Fsp3) is 0.125. The van der Waals surface area contributed by atoms with Gasteiger partial charge in [0.15, 0.2) is 0 Å². The van der Waals surface area contributed by atoms with Crippen molar-refractivity contribution in [1.82, 2.24) is 9.69 Å². The number of anilines is 1. The average Bonchev–Trinajstić information content (AvgIpc) is 2.94. The Bertz CT molecular complexity index is 830. The van der Waals surface area contributed by atoms with E-state index in [0.29, 0.717) is 28.7 Å². The van der Waals surface area contributed by atoms with Crippen LogP contribution in [0.3, 0.4) is 0 Å². The summed E-state index contributed by atoms with van der Waals surface area (Å²) in [5.41, 5.74) is 0.446. The summed E-state index contributed by atoms with van der Waals surface area (Å²) in [4.78, 5) is 12.1. The van der Waals surface area contributed by atoms with E-state index in [0.717, 1.165) is 15.9 Å². The van der Waals surface area contributed by atoms with E-state index in [1.807, 2.05) is 24.3 Å². The van der Waals surface area contributed by atoms with Gasteiger partial charge in [0.05, 0.1) is 4.70 Å². The van der Waals surface area contributed by atoms with E-state index in [2.05, 4.69) is 15.0 Å². The topological polar surface area (TPSA) is 54.0 Å². The predicted octanol–water partition coefficient (Wildman–Crippen LogP) is 4.45. The first-order chi connectivity index (χ1) is 11.1. The molecular formula is C16H13Cl2N3OS. The number of hydrogen-bond acceptors (Lipinski definition) is 4. The van der Waals surface area contributed by atoms with Crippen LogP contribution in [0.5, 0.6) is 0 Å². The fourth-order valence-corrected chi connectivity index (χ4v) is 3.44. The van der Waals surface area contributed by atoms with Crippen LogP contribution in [-0.2, 0) is 0 Å². The van der Waals surface area contributed by atoms with Crippen molar-refractivity contribution in [2.75, 3.05) is 18.4 Å². The molecule has 0 aliphatic rings. The van der Waals surface area contributed by atoms with Crippen molar-refractivity contribution in [3.63, 3.8) is 0 Å². The van der Waals surface area contributed by atoms with E-state index in [-0.39, 0.29) is 5.91 Å². The molecule has 0 unspecified atom stereocenters. The highest BCUT2D eigenvalue weighted by atomic mass is 35.5. The highest BCUT2D eigenvalue weighted by Crippen LogP contribution is 2.25. The van der Waals surface area contributed by atoms with Crippen LogP contribution in [0.4, 0.5) is 5.82 Å². The number of fused-ring (bicyclic) bond motifs is 1. The van der Waals surface area contributed by atoms with Gasteiger partial charge in [0.25, 0.3) is 5.91 Å². The number of nitrogens with zero attached hydrogens (tertiary/aromatic N) is 1. The molecule has 0 aliphatic heterocycles. The first kappa shape index (κ1) is 16.1. The maximum Gasteiger partial charge on any atom is 0.251 e. The van der Waals surface area contributed by atoms with Crippen LogP contribution in [0.2, 0.25) is 10.0 Å². The Morgan fingerprint density at radius 3 is 2.61 bits per heavy atom. The zero-order chi connectivity index (χ0) is 16.2. The number of carbonyl (C=O) groups excluding carboxylic acids is 1. The predicted molar refractivity (Wildman–Crippen MR) is 96.9 cm³/mol. The first-order valence-electron chi connectivity index (χ1n) is 6.96. The Morgan fingerprint density at radius 2 is 1.83 bits per heavy atom. The molecule has 1 aromatic heterocycles. The largest absolute Gasteiger partial charge is 0.367 e. The third-order valence-electron chi connectivity index (χ3n) is 3.21. The number of benzene rings is 2. The van der Waals surface area contributed by atoms with Crippen LogP contribution in [0.25, 0.3) is 10.1 Å². The molecule has 0 spiro atoms. The Balaban J connectivity index is 1.54. The maximum absolute atomic E-state index is 12.1. The van der Waals surface area contributed by atoms with Gasteiger partial charge in [0, 0.05) is 34.1 Å². The van der Waals surface area contributed by atoms with Crippen LogP contribution in [0, 0.1) is 0 Å². The molecule has 3 rings (SSSR count). The summed E-state index contributed by atoms with van der Waals surface area (Å²) in [5.74, 6) is 0.630. The van der Waals surface area contributed by atoms with E-state index in [4.69, 9.17) is 23.2 Å². The molecule has 0 atom stereocenters. The number of halogens is 2. The van der Waals surface area contributed by atoms with Gasteiger partial charge in [-0.05, 0) is 41.9 Å². The van der Waals surface area contributed by atoms with Gasteiger partial charge >= 0.3 is 0 Å². The number of carbonyl (C=O) groups is 1. The van der Waals surface area contributed by atoms with Crippen molar-refractivity contribution in [3.05, 3.63) is 58.1 Å². The van der Waals surface area contributed by atoms with Crippen molar-refractivity contribution >= 4 is 56.5 Å². The van der Waals surface area contributed by atoms with E-state index < -0.39 is 0 Å². The molecule has 4 nitrogen and oxygen atoms in total. The third kappa shape index (κ3) is 3.93. The minimum Gasteiger partial charge on any atom is -0.367 e. The molecule has 2 aromatic carbocycles. The van der Waals surface area contributed by atoms with Crippen molar-refractivity contribution in [1.29, 1.82) is 0 Å². The van der Waals surface area contributed by atoms with Crippen LogP contribution in [0.15, 0.2) is 42.5 Å². The van der Waals surface area contributed by atoms with Crippen molar-refractivity contribution < 1.29 is 4.79 Å². The van der Waals surface area contributed by atoms with Crippen molar-refractivity contribution in [2.24, 2.45) is 0 Å². The van der Waals surface area contributed by atoms with E-state index >= 15 is 0 Å². The van der Waals surface area contributed by atoms with Crippen molar-refractivity contribution in [2.45, 2.75) is 0 Å². The second-order valence-corrected chi connectivity index (χ2v) is 6.55. The molecule has 2 N–H and O–H groups in total. The molecule has 118 valence electrons. The fourth-order valence-electron chi connectivity index (χ4n) is 2.16. The third-order valence-corrected chi connectivity index (χ3v) is 4.47. The van der Waals surface area contributed by atoms with Gasteiger partial charge in [-0.2, -0.15) is 4.37 Å². The quantitative estimate of drug-likeness (QED) is 0.656. The van der Waals surface area contributed by atoms with Gasteiger partial charge in [-0.15, -0.1) is 0 Å². The first-order valence-corrected chi connectivity index (χ1v) is 8.49. The zero-order valence-corrected chi connectivity index (χ0v) is 14.3. The number of aromatic nitrogens is 1. The number of nitrogens with one attached hydrogen (secondary N) is 2. The lowest BCUT2D eigenvalue weighted by Crippen LogP contribution is -2.28. The molecular weight excluding hydrogens is 353 g/mol. The lowest BCUT2D eigenvalue weighted by Gasteiger charge is -2.07. The van der Waals surface area contributed by atoms with E-state index in [9.17, 15) is 4.79 Å². The second-order valence-electron chi connectivity index (χ2n) is 4.87. The summed E-state index contributed by atoms with van der Waals surface area (Å²) in [6.45, 7) is 1.04. The maximum atomic E-state index is 12.1. The molecule has 0 radical (unpaired) electrons. The summed E-state index contributed by atoms with van der Waals surface area (Å²) >= 11 is 13.2. The highest BCUT2D eigenvalue weighted by Gasteiger charge is 2.08. The van der Waals surface area contributed by atoms with E-state index in [1.54, 1.807) is 18.2 Å². The monoisotopic (exact) mass is 365 g/mol. The Hall–Kier alpha value is -1.82. The molecule has 0 bridgehead atoms. The molecule has 1 heterocycles. The Labute approximate surface area is 147 Å². The standard InChI is InChI=1S/C16H13Cl2N3OS/c17-11-7-10(8-12(18)9-11)16(22)20-6-5-19-15-13-3-1-2-4-14(13)23-21-15/h1-4,7-9H,5-6H2,(H,19,21)(H,20,22). The molecule has 23 heavy (non-hydrogen) atoms. The van der Waals surface area contributed by atoms with E-state index in [1.165, 1.54) is 11.5 Å². The Morgan fingerprint density at radius 1 is 1.09 bits per heavy atom. The summed E-state index contributed by atoms with van der Waals surface area (Å²) < 4.78 is 5.51. The van der Waals surface area contributed by atoms with Crippen LogP contribution < -0.4 is 10.6 Å². The second kappa shape index (κ2) is 7.17. The number of hydrogen-bond donors (Lipinski definition) is 2. The number of amides is 1. The SMILES string of the molecule is O=C(NCCNc1nsc2ccccc12)c1cc(Cl)cc(Cl)c1. The molecule has 0 fully saturated rings. The van der Waals surface area contributed by atoms with Crippen LogP contribution in [-0.4, -0.2) is 23.4 Å². The summed E-state index contributed by atoms with van der Waals surface area (Å²) in [5, 5.41) is 8.02. The van der Waals surface area contributed by atoms with Crippen LogP contribution in [0.1, 0.15) is 10.4 Å². The number of rotatable bonds is 5. The van der Waals surface area contributed by atoms with Crippen LogP contribution >= 0.6 is 34.7 Å². The summed E-state index contributed by atoms with van der Waals surface area (Å²) in [7, 11) is 0. The lowest BCUT2D eigenvalue weighted by atomic mass is 10.2. The van der Waals surface area contributed by atoms with Gasteiger partial charge in [0.1, 0.15) is 5.82 Å². The summed E-state index contributed by atoms with van der Waals surface area (Å²) in [6.07, 6.45) is 0. The van der Waals surface area contributed by atoms with Gasteiger partial charge in [-0.3, -0.25) is 4.79 Å². The van der Waals surface area contributed by atoms with Crippen molar-refractivity contribution in [3.8, 4) is 0 Å². The van der Waals surface area contributed by atoms with Gasteiger partial charge < -0.3 is 10.6 Å². The lowest BCUT2D eigenvalue weighted by molar-refractivity contribution is 0.0955. The molecule has 0 aliphatic carbocycles. The summed E-state index contributed by atoms with van der Waals surface area (Å²) in [6, 6.07) is 12.8. The highest BCUT2D eigenvalue weighted by molar-refractivity contribution is 7.13. The van der Waals surface area contributed by atoms with Gasteiger partial charge in [-0.25, -0.2) is 0 Å². The Kier molecular flexibility index (Phi) is 5.00. The molecule has 0 saturated heterocycles. The zero-order valence-electron chi connectivity index (χ0n) is 12.0. The van der Waals surface area contributed by atoms with Gasteiger partial charge in [-0.1, -0.05) is 35.3 Å². The minimum absolute atomic E-state index is 0.209. The van der Waals surface area contributed by atoms with Gasteiger partial charge in [0.2, 0.25) is 0 Å². The molecule has 1 amide bonds. The molecule has 7 heteroatoms.